The summed E-state index contributed by atoms with van der Waals surface area (Å²) in [6, 6.07) is 7.65. The average molecular weight is 301 g/mol. The van der Waals surface area contributed by atoms with Crippen molar-refractivity contribution >= 4 is 0 Å². The van der Waals surface area contributed by atoms with Gasteiger partial charge in [0.1, 0.15) is 11.9 Å². The van der Waals surface area contributed by atoms with E-state index in [2.05, 4.69) is 10.1 Å². The summed E-state index contributed by atoms with van der Waals surface area (Å²) in [4.78, 5) is 4.60. The second kappa shape index (κ2) is 6.08. The van der Waals surface area contributed by atoms with Crippen molar-refractivity contribution in [2.24, 2.45) is 11.8 Å². The van der Waals surface area contributed by atoms with Crippen LogP contribution in [0.2, 0.25) is 0 Å². The van der Waals surface area contributed by atoms with Crippen molar-refractivity contribution < 1.29 is 9.84 Å². The molecule has 0 aliphatic heterocycles. The first-order chi connectivity index (χ1) is 10.6. The largest absolute Gasteiger partial charge is 0.497 e. The minimum Gasteiger partial charge on any atom is -0.497 e. The average Bonchev–Trinajstić information content (AvgIpc) is 3.23. The van der Waals surface area contributed by atoms with Gasteiger partial charge >= 0.3 is 0 Å². The van der Waals surface area contributed by atoms with Gasteiger partial charge in [-0.3, -0.25) is 0 Å². The van der Waals surface area contributed by atoms with E-state index in [1.165, 1.54) is 12.8 Å². The zero-order valence-corrected chi connectivity index (χ0v) is 13.4. The first kappa shape index (κ1) is 15.0. The van der Waals surface area contributed by atoms with Crippen LogP contribution < -0.4 is 4.74 Å². The van der Waals surface area contributed by atoms with Crippen molar-refractivity contribution in [3.8, 4) is 11.4 Å². The van der Waals surface area contributed by atoms with Crippen molar-refractivity contribution in [1.29, 1.82) is 0 Å². The number of methoxy groups -OCH3 is 1. The van der Waals surface area contributed by atoms with E-state index in [1.807, 2.05) is 38.1 Å². The maximum absolute atomic E-state index is 10.5. The molecule has 1 aliphatic rings. The molecule has 1 fully saturated rings. The molecule has 1 aliphatic carbocycles. The smallest absolute Gasteiger partial charge is 0.161 e. The molecule has 0 saturated heterocycles. The van der Waals surface area contributed by atoms with Gasteiger partial charge in [-0.05, 0) is 48.9 Å². The summed E-state index contributed by atoms with van der Waals surface area (Å²) in [5.74, 6) is 3.06. The zero-order valence-electron chi connectivity index (χ0n) is 13.4. The Morgan fingerprint density at radius 1 is 1.27 bits per heavy atom. The van der Waals surface area contributed by atoms with Gasteiger partial charge < -0.3 is 9.84 Å². The number of rotatable bonds is 6. The van der Waals surface area contributed by atoms with Gasteiger partial charge in [0.15, 0.2) is 11.6 Å². The molecule has 1 N–H and O–H groups in total. The molecular formula is C17H23N3O2. The molecule has 5 nitrogen and oxygen atoms in total. The molecule has 0 spiro atoms. The Morgan fingerprint density at radius 2 is 1.95 bits per heavy atom. The van der Waals surface area contributed by atoms with Crippen molar-refractivity contribution in [3.05, 3.63) is 35.9 Å². The fourth-order valence-corrected chi connectivity index (χ4v) is 2.44. The number of hydrogen-bond donors (Lipinski definition) is 1. The van der Waals surface area contributed by atoms with Gasteiger partial charge in [0.05, 0.1) is 12.8 Å². The maximum Gasteiger partial charge on any atom is 0.161 e. The minimum atomic E-state index is -0.623. The first-order valence-electron chi connectivity index (χ1n) is 7.86. The van der Waals surface area contributed by atoms with Crippen LogP contribution in [0.5, 0.6) is 5.75 Å². The molecule has 0 amide bonds. The fraction of sp³-hybridized carbons (Fsp3) is 0.529. The summed E-state index contributed by atoms with van der Waals surface area (Å²) >= 11 is 0. The normalized spacial score (nSPS) is 16.0. The molecular weight excluding hydrogens is 278 g/mol. The molecule has 1 aromatic heterocycles. The van der Waals surface area contributed by atoms with Crippen LogP contribution in [0.3, 0.4) is 0 Å². The van der Waals surface area contributed by atoms with Crippen molar-refractivity contribution in [2.75, 3.05) is 7.11 Å². The fourth-order valence-electron chi connectivity index (χ4n) is 2.44. The lowest BCUT2D eigenvalue weighted by Gasteiger charge is -2.14. The third kappa shape index (κ3) is 3.14. The van der Waals surface area contributed by atoms with E-state index in [0.29, 0.717) is 5.82 Å². The van der Waals surface area contributed by atoms with Crippen LogP contribution >= 0.6 is 0 Å². The van der Waals surface area contributed by atoms with E-state index in [4.69, 9.17) is 4.74 Å². The number of aliphatic hydroxyl groups is 1. The van der Waals surface area contributed by atoms with Gasteiger partial charge in [0.2, 0.25) is 0 Å². The topological polar surface area (TPSA) is 60.2 Å². The van der Waals surface area contributed by atoms with Crippen LogP contribution in [0.25, 0.3) is 5.69 Å². The minimum absolute atomic E-state index is 0.0926. The standard InChI is InChI=1S/C17H23N3O2/c1-11(2)16(21)17-18-15(10-12-4-5-12)19-20(17)13-6-8-14(22-3)9-7-13/h6-9,11-12,16,21H,4-5,10H2,1-3H3/t16-/m0/s1. The van der Waals surface area contributed by atoms with Gasteiger partial charge in [-0.25, -0.2) is 9.67 Å². The van der Waals surface area contributed by atoms with Gasteiger partial charge in [0, 0.05) is 6.42 Å². The summed E-state index contributed by atoms with van der Waals surface area (Å²) in [6.07, 6.45) is 2.81. The van der Waals surface area contributed by atoms with Crippen LogP contribution in [-0.2, 0) is 6.42 Å². The summed E-state index contributed by atoms with van der Waals surface area (Å²) in [5, 5.41) is 15.1. The Hall–Kier alpha value is -1.88. The molecule has 0 bridgehead atoms. The predicted octanol–water partition coefficient (Wildman–Crippen LogP) is 2.92. The number of hydrogen-bond acceptors (Lipinski definition) is 4. The Kier molecular flexibility index (Phi) is 4.16. The molecule has 1 saturated carbocycles. The van der Waals surface area contributed by atoms with Gasteiger partial charge in [-0.2, -0.15) is 5.10 Å². The van der Waals surface area contributed by atoms with Crippen LogP contribution in [0.15, 0.2) is 24.3 Å². The van der Waals surface area contributed by atoms with Crippen molar-refractivity contribution in [2.45, 2.75) is 39.2 Å². The van der Waals surface area contributed by atoms with Crippen LogP contribution in [0.1, 0.15) is 44.4 Å². The van der Waals surface area contributed by atoms with Crippen molar-refractivity contribution in [1.82, 2.24) is 14.8 Å². The Bertz CT molecular complexity index is 630. The summed E-state index contributed by atoms with van der Waals surface area (Å²) in [6.45, 7) is 3.97. The highest BCUT2D eigenvalue weighted by Gasteiger charge is 2.27. The monoisotopic (exact) mass is 301 g/mol. The number of benzene rings is 1. The molecule has 2 aromatic rings. The van der Waals surface area contributed by atoms with E-state index in [0.717, 1.165) is 29.6 Å². The van der Waals surface area contributed by atoms with Crippen LogP contribution in [0.4, 0.5) is 0 Å². The predicted molar refractivity (Wildman–Crippen MR) is 84.1 cm³/mol. The van der Waals surface area contributed by atoms with Gasteiger partial charge in [-0.15, -0.1) is 0 Å². The molecule has 1 atom stereocenters. The van der Waals surface area contributed by atoms with Crippen molar-refractivity contribution in [3.63, 3.8) is 0 Å². The summed E-state index contributed by atoms with van der Waals surface area (Å²) < 4.78 is 6.96. The van der Waals surface area contributed by atoms with E-state index in [-0.39, 0.29) is 5.92 Å². The first-order valence-corrected chi connectivity index (χ1v) is 7.86. The second-order valence-electron chi connectivity index (χ2n) is 6.33. The molecule has 3 rings (SSSR count). The number of nitrogens with zero attached hydrogens (tertiary/aromatic N) is 3. The third-order valence-corrected chi connectivity index (χ3v) is 4.06. The molecule has 0 unspecified atom stereocenters. The Labute approximate surface area is 131 Å². The lowest BCUT2D eigenvalue weighted by molar-refractivity contribution is 0.115. The highest BCUT2D eigenvalue weighted by atomic mass is 16.5. The number of aliphatic hydroxyl groups excluding tert-OH is 1. The Balaban J connectivity index is 1.96. The summed E-state index contributed by atoms with van der Waals surface area (Å²) in [7, 11) is 1.65. The zero-order chi connectivity index (χ0) is 15.7. The quantitative estimate of drug-likeness (QED) is 0.891. The van der Waals surface area contributed by atoms with Crippen LogP contribution in [0, 0.1) is 11.8 Å². The SMILES string of the molecule is COc1ccc(-n2nc(CC3CC3)nc2[C@@H](O)C(C)C)cc1. The van der Waals surface area contributed by atoms with Gasteiger partial charge in [0.25, 0.3) is 0 Å². The Morgan fingerprint density at radius 3 is 2.50 bits per heavy atom. The van der Waals surface area contributed by atoms with Gasteiger partial charge in [-0.1, -0.05) is 13.8 Å². The van der Waals surface area contributed by atoms with E-state index in [1.54, 1.807) is 11.8 Å². The maximum atomic E-state index is 10.5. The molecule has 1 aromatic carbocycles. The molecule has 5 heteroatoms. The van der Waals surface area contributed by atoms with E-state index in [9.17, 15) is 5.11 Å². The molecule has 118 valence electrons. The lowest BCUT2D eigenvalue weighted by Crippen LogP contribution is -2.13. The third-order valence-electron chi connectivity index (χ3n) is 4.06. The number of ether oxygens (including phenoxy) is 1. The second-order valence-corrected chi connectivity index (χ2v) is 6.33. The molecule has 0 radical (unpaired) electrons. The lowest BCUT2D eigenvalue weighted by atomic mass is 10.1. The highest BCUT2D eigenvalue weighted by molar-refractivity contribution is 5.37. The van der Waals surface area contributed by atoms with Crippen LogP contribution in [-0.4, -0.2) is 27.0 Å². The van der Waals surface area contributed by atoms with E-state index < -0.39 is 6.10 Å². The molecule has 22 heavy (non-hydrogen) atoms. The molecule has 1 heterocycles. The van der Waals surface area contributed by atoms with E-state index >= 15 is 0 Å². The summed E-state index contributed by atoms with van der Waals surface area (Å²) in [5.41, 5.74) is 0.894. The number of aromatic nitrogens is 3. The highest BCUT2D eigenvalue weighted by Crippen LogP contribution is 2.32.